The fourth-order valence-corrected chi connectivity index (χ4v) is 0.775. The van der Waals surface area contributed by atoms with Crippen molar-refractivity contribution in [1.82, 2.24) is 0 Å². The van der Waals surface area contributed by atoms with Crippen LogP contribution in [0.15, 0.2) is 18.2 Å². The van der Waals surface area contributed by atoms with Gasteiger partial charge in [-0.15, -0.1) is 0 Å². The Balaban J connectivity index is 3.19. The number of hydrogen-bond donors (Lipinski definition) is 2. The van der Waals surface area contributed by atoms with Crippen molar-refractivity contribution in [2.45, 2.75) is 6.92 Å². The molecule has 0 aliphatic rings. The zero-order chi connectivity index (χ0) is 7.56. The first kappa shape index (κ1) is 6.74. The summed E-state index contributed by atoms with van der Waals surface area (Å²) in [7, 11) is 0. The molecule has 3 heteroatoms. The molecule has 0 bridgehead atoms. The van der Waals surface area contributed by atoms with Crippen LogP contribution in [0, 0.1) is 11.8 Å². The summed E-state index contributed by atoms with van der Waals surface area (Å²) in [4.78, 5) is 10.1. The second kappa shape index (κ2) is 2.47. The van der Waals surface area contributed by atoms with Gasteiger partial charge in [0.05, 0.1) is 0 Å². The average molecular weight is 137 g/mol. The summed E-state index contributed by atoms with van der Waals surface area (Å²) in [6.07, 6.45) is 0. The van der Waals surface area contributed by atoms with Gasteiger partial charge < -0.3 is 5.73 Å². The van der Waals surface area contributed by atoms with Crippen LogP contribution in [0.3, 0.4) is 0 Å². The third kappa shape index (κ3) is 1.13. The van der Waals surface area contributed by atoms with Gasteiger partial charge in [0.25, 0.3) is 5.69 Å². The standard InChI is InChI=1S/C7H8N2O/c1-5-2-3-7(9-10)6(8)4-5/h2-4H,8H2,1H3/p+1. The Labute approximate surface area is 58.8 Å². The number of benzene rings is 1. The molecule has 3 N–H and O–H groups in total. The molecule has 0 atom stereocenters. The minimum absolute atomic E-state index is 0.436. The number of rotatable bonds is 1. The molecule has 0 fully saturated rings. The van der Waals surface area contributed by atoms with Gasteiger partial charge in [-0.2, -0.15) is 0 Å². The van der Waals surface area contributed by atoms with Crippen molar-refractivity contribution in [3.8, 4) is 0 Å². The highest BCUT2D eigenvalue weighted by Gasteiger charge is 2.02. The van der Waals surface area contributed by atoms with Crippen LogP contribution >= 0.6 is 0 Å². The zero-order valence-electron chi connectivity index (χ0n) is 5.72. The van der Waals surface area contributed by atoms with Crippen molar-refractivity contribution >= 4 is 11.4 Å². The van der Waals surface area contributed by atoms with E-state index in [1.165, 1.54) is 0 Å². The summed E-state index contributed by atoms with van der Waals surface area (Å²) in [5, 5.41) is 1.75. The van der Waals surface area contributed by atoms with Gasteiger partial charge in [0.2, 0.25) is 0 Å². The number of aryl methyl sites for hydroxylation is 1. The summed E-state index contributed by atoms with van der Waals surface area (Å²) >= 11 is 0. The highest BCUT2D eigenvalue weighted by atomic mass is 16.3. The van der Waals surface area contributed by atoms with Crippen LogP contribution in [-0.2, 0) is 0 Å². The van der Waals surface area contributed by atoms with E-state index in [1.807, 2.05) is 13.0 Å². The lowest BCUT2D eigenvalue weighted by Crippen LogP contribution is -2.56. The lowest BCUT2D eigenvalue weighted by molar-refractivity contribution is -0.378. The van der Waals surface area contributed by atoms with Gasteiger partial charge in [0.15, 0.2) is 0 Å². The number of nitroso groups, excluding NO2 is 1. The molecule has 0 saturated carbocycles. The molecule has 0 aromatic heterocycles. The Morgan fingerprint density at radius 1 is 1.50 bits per heavy atom. The van der Waals surface area contributed by atoms with E-state index in [-0.39, 0.29) is 0 Å². The van der Waals surface area contributed by atoms with E-state index < -0.39 is 0 Å². The van der Waals surface area contributed by atoms with Crippen LogP contribution in [0.1, 0.15) is 5.56 Å². The van der Waals surface area contributed by atoms with Gasteiger partial charge in [0.1, 0.15) is 5.69 Å². The SMILES string of the molecule is Cc1ccc([NH+]=O)c(N)c1. The first-order valence-electron chi connectivity index (χ1n) is 2.98. The van der Waals surface area contributed by atoms with Crippen molar-refractivity contribution in [3.05, 3.63) is 28.7 Å². The van der Waals surface area contributed by atoms with E-state index in [1.54, 1.807) is 17.3 Å². The number of anilines is 1. The van der Waals surface area contributed by atoms with Crippen molar-refractivity contribution in [2.24, 2.45) is 0 Å². The number of nitrogens with two attached hydrogens (primary N) is 1. The molecule has 0 amide bonds. The molecular formula is C7H9N2O+. The molecule has 1 aromatic carbocycles. The molecule has 0 spiro atoms. The average Bonchev–Trinajstić information content (AvgIpc) is 1.88. The van der Waals surface area contributed by atoms with Crippen molar-refractivity contribution in [2.75, 3.05) is 5.73 Å². The Hall–Kier alpha value is -1.38. The number of nitrogens with one attached hydrogen (secondary N) is 1. The van der Waals surface area contributed by atoms with E-state index >= 15 is 0 Å². The molecule has 1 rings (SSSR count). The molecule has 0 aliphatic carbocycles. The lowest BCUT2D eigenvalue weighted by atomic mass is 10.2. The molecule has 0 aliphatic heterocycles. The van der Waals surface area contributed by atoms with E-state index in [2.05, 4.69) is 0 Å². The van der Waals surface area contributed by atoms with Crippen LogP contribution in [0.4, 0.5) is 11.4 Å². The van der Waals surface area contributed by atoms with Gasteiger partial charge in [0, 0.05) is 16.2 Å². The molecule has 52 valence electrons. The third-order valence-corrected chi connectivity index (χ3v) is 1.32. The molecule has 0 unspecified atom stereocenters. The van der Waals surface area contributed by atoms with Gasteiger partial charge in [-0.25, -0.2) is 0 Å². The second-order valence-corrected chi connectivity index (χ2v) is 2.19. The Morgan fingerprint density at radius 2 is 2.20 bits per heavy atom. The van der Waals surface area contributed by atoms with E-state index in [0.717, 1.165) is 5.56 Å². The van der Waals surface area contributed by atoms with Gasteiger partial charge >= 0.3 is 0 Å². The smallest absolute Gasteiger partial charge is 0.276 e. The summed E-state index contributed by atoms with van der Waals surface area (Å²) in [5.74, 6) is 0. The fourth-order valence-electron chi connectivity index (χ4n) is 0.775. The maximum Gasteiger partial charge on any atom is 0.276 e. The van der Waals surface area contributed by atoms with Gasteiger partial charge in [-0.05, 0) is 18.6 Å². The summed E-state index contributed by atoms with van der Waals surface area (Å²) in [6, 6.07) is 5.24. The number of hydrogen-bond acceptors (Lipinski definition) is 2. The van der Waals surface area contributed by atoms with Gasteiger partial charge in [-0.3, -0.25) is 0 Å². The molecule has 1 aromatic rings. The monoisotopic (exact) mass is 137 g/mol. The highest BCUT2D eigenvalue weighted by Crippen LogP contribution is 2.12. The van der Waals surface area contributed by atoms with Crippen LogP contribution < -0.4 is 10.9 Å². The Morgan fingerprint density at radius 3 is 2.70 bits per heavy atom. The molecule has 0 heterocycles. The molecule has 0 saturated heterocycles. The largest absolute Gasteiger partial charge is 0.393 e. The normalized spacial score (nSPS) is 9.30. The van der Waals surface area contributed by atoms with E-state index in [9.17, 15) is 4.91 Å². The molecule has 3 nitrogen and oxygen atoms in total. The highest BCUT2D eigenvalue weighted by molar-refractivity contribution is 5.58. The zero-order valence-corrected chi connectivity index (χ0v) is 5.72. The topological polar surface area (TPSA) is 57.1 Å². The molecule has 10 heavy (non-hydrogen) atoms. The summed E-state index contributed by atoms with van der Waals surface area (Å²) in [5.41, 5.74) is 7.45. The Kier molecular flexibility index (Phi) is 1.67. The predicted molar refractivity (Wildman–Crippen MR) is 39.6 cm³/mol. The van der Waals surface area contributed by atoms with E-state index in [4.69, 9.17) is 5.73 Å². The van der Waals surface area contributed by atoms with Crippen molar-refractivity contribution in [3.63, 3.8) is 0 Å². The van der Waals surface area contributed by atoms with Crippen LogP contribution in [0.25, 0.3) is 0 Å². The van der Waals surface area contributed by atoms with Crippen molar-refractivity contribution < 1.29 is 5.18 Å². The minimum Gasteiger partial charge on any atom is -0.393 e. The lowest BCUT2D eigenvalue weighted by Gasteiger charge is -1.92. The summed E-state index contributed by atoms with van der Waals surface area (Å²) < 4.78 is 0. The van der Waals surface area contributed by atoms with Crippen LogP contribution in [0.2, 0.25) is 0 Å². The molecule has 0 radical (unpaired) electrons. The second-order valence-electron chi connectivity index (χ2n) is 2.19. The fraction of sp³-hybridized carbons (Fsp3) is 0.143. The quantitative estimate of drug-likeness (QED) is 0.537. The maximum atomic E-state index is 10.1. The Bertz CT molecular complexity index is 258. The van der Waals surface area contributed by atoms with Crippen LogP contribution in [0.5, 0.6) is 0 Å². The number of nitrogen functional groups attached to an aromatic ring is 1. The first-order chi connectivity index (χ1) is 4.74. The summed E-state index contributed by atoms with van der Waals surface area (Å²) in [6.45, 7) is 1.92. The predicted octanol–water partition coefficient (Wildman–Crippen LogP) is 0.0557. The third-order valence-electron chi connectivity index (χ3n) is 1.32. The van der Waals surface area contributed by atoms with E-state index in [0.29, 0.717) is 11.4 Å². The van der Waals surface area contributed by atoms with Gasteiger partial charge in [-0.1, -0.05) is 6.07 Å². The first-order valence-corrected chi connectivity index (χ1v) is 2.98. The minimum atomic E-state index is 0.436. The molecular weight excluding hydrogens is 128 g/mol. The maximum absolute atomic E-state index is 10.1. The van der Waals surface area contributed by atoms with Crippen LogP contribution in [-0.4, -0.2) is 0 Å². The van der Waals surface area contributed by atoms with Crippen molar-refractivity contribution in [1.29, 1.82) is 0 Å².